The molecule has 2 saturated heterocycles. The van der Waals surface area contributed by atoms with Crippen LogP contribution < -0.4 is 0 Å². The normalized spacial score (nSPS) is 36.2. The van der Waals surface area contributed by atoms with E-state index >= 15 is 26.3 Å². The lowest BCUT2D eigenvalue weighted by Gasteiger charge is -2.55. The summed E-state index contributed by atoms with van der Waals surface area (Å²) in [5.41, 5.74) is -25.4. The van der Waals surface area contributed by atoms with Crippen molar-refractivity contribution in [2.24, 2.45) is 86.3 Å². The molecular weight excluding hydrogens is 1300 g/mol. The predicted molar refractivity (Wildman–Crippen MR) is 282 cm³/mol. The van der Waals surface area contributed by atoms with Crippen molar-refractivity contribution in [3.05, 3.63) is 12.7 Å². The largest absolute Gasteiger partial charge is 0.426 e. The zero-order valence-electron chi connectivity index (χ0n) is 51.7. The minimum absolute atomic E-state index is 0.00428. The maximum atomic E-state index is 15.2. The summed E-state index contributed by atoms with van der Waals surface area (Å²) in [5, 5.41) is 20.2. The van der Waals surface area contributed by atoms with E-state index in [2.05, 4.69) is 6.58 Å². The van der Waals surface area contributed by atoms with Gasteiger partial charge in [-0.25, -0.2) is 0 Å². The van der Waals surface area contributed by atoms with Gasteiger partial charge in [0.15, 0.2) is 12.6 Å². The molecule has 10 rings (SSSR count). The van der Waals surface area contributed by atoms with Gasteiger partial charge in [-0.05, 0) is 210 Å². The van der Waals surface area contributed by atoms with Crippen molar-refractivity contribution in [1.29, 1.82) is 0 Å². The molecular formula is C62H84F24O6. The monoisotopic (exact) mass is 1380 g/mol. The highest BCUT2D eigenvalue weighted by Gasteiger charge is 2.86. The van der Waals surface area contributed by atoms with Crippen LogP contribution in [0, 0.1) is 86.3 Å². The van der Waals surface area contributed by atoms with E-state index in [0.29, 0.717) is 51.4 Å². The van der Waals surface area contributed by atoms with Crippen LogP contribution in [0.25, 0.3) is 0 Å². The van der Waals surface area contributed by atoms with E-state index in [9.17, 15) is 89.2 Å². The number of ether oxygens (including phenoxy) is 4. The minimum Gasteiger partial charge on any atom is -0.373 e. The van der Waals surface area contributed by atoms with Crippen LogP contribution in [0.5, 0.6) is 0 Å². The van der Waals surface area contributed by atoms with Crippen LogP contribution in [0.15, 0.2) is 12.7 Å². The van der Waals surface area contributed by atoms with Gasteiger partial charge in [-0.3, -0.25) is 0 Å². The van der Waals surface area contributed by atoms with Gasteiger partial charge in [0.2, 0.25) is 0 Å². The fourth-order valence-corrected chi connectivity index (χ4v) is 21.2. The number of halogens is 24. The predicted octanol–water partition coefficient (Wildman–Crippen LogP) is 20.0. The van der Waals surface area contributed by atoms with Gasteiger partial charge < -0.3 is 29.2 Å². The maximum absolute atomic E-state index is 15.2. The third-order valence-corrected chi connectivity index (χ3v) is 25.2. The van der Waals surface area contributed by atoms with E-state index in [4.69, 9.17) is 18.9 Å². The second-order valence-corrected chi connectivity index (χ2v) is 29.5. The fourth-order valence-electron chi connectivity index (χ4n) is 21.2. The molecule has 536 valence electrons. The molecule has 30 heteroatoms. The molecule has 0 radical (unpaired) electrons. The summed E-state index contributed by atoms with van der Waals surface area (Å²) in [6.45, 7) is 11.5. The molecule has 2 heterocycles. The number of hydrogen-bond acceptors (Lipinski definition) is 6. The molecule has 10 fully saturated rings. The molecule has 10 aliphatic rings. The van der Waals surface area contributed by atoms with Crippen molar-refractivity contribution in [2.75, 3.05) is 13.2 Å². The van der Waals surface area contributed by atoms with Crippen molar-refractivity contribution in [3.8, 4) is 0 Å². The lowest BCUT2D eigenvalue weighted by molar-refractivity contribution is -0.435. The summed E-state index contributed by atoms with van der Waals surface area (Å²) >= 11 is 0. The molecule has 0 amide bonds. The van der Waals surface area contributed by atoms with E-state index in [-0.39, 0.29) is 122 Å². The molecule has 8 bridgehead atoms. The van der Waals surface area contributed by atoms with Gasteiger partial charge in [0.05, 0.1) is 0 Å². The van der Waals surface area contributed by atoms with Crippen molar-refractivity contribution in [2.45, 2.75) is 273 Å². The van der Waals surface area contributed by atoms with E-state index in [1.54, 1.807) is 20.8 Å². The van der Waals surface area contributed by atoms with Crippen LogP contribution in [-0.4, -0.2) is 108 Å². The van der Waals surface area contributed by atoms with Crippen molar-refractivity contribution in [1.82, 2.24) is 0 Å². The van der Waals surface area contributed by atoms with Crippen LogP contribution in [0.2, 0.25) is 0 Å². The van der Waals surface area contributed by atoms with Gasteiger partial charge in [0, 0.05) is 36.9 Å². The first-order chi connectivity index (χ1) is 41.8. The number of allylic oxidation sites excluding steroid dienone is 1. The molecule has 8 aliphatic carbocycles. The van der Waals surface area contributed by atoms with Crippen LogP contribution in [-0.2, 0) is 18.9 Å². The second-order valence-electron chi connectivity index (χ2n) is 29.5. The first-order valence-electron chi connectivity index (χ1n) is 32.0. The SMILES string of the molecule is C=CC12CCC(CC1)C2C(O)(C(F)(F)F)C(F)(F)F.CC(C)C12CCC(CC1)C2C(OC1CCCCO1)(C(F)(F)F)C(F)(F)F.CCC(CC(C)(C)C12CCC(CC1)C2C(O)(C(F)(F)F)C(F)(F)F)C12CCC(CC1)C2C(OC1CCCCO1)(C(F)(F)F)C(F)(F)F. The number of fused-ring (bicyclic) bond motifs is 8. The zero-order valence-corrected chi connectivity index (χ0v) is 51.7. The Morgan fingerprint density at radius 3 is 1.07 bits per heavy atom. The molecule has 92 heavy (non-hydrogen) atoms. The zero-order chi connectivity index (χ0) is 69.3. The molecule has 8 saturated carbocycles. The Labute approximate surface area is 518 Å². The topological polar surface area (TPSA) is 77.4 Å². The smallest absolute Gasteiger partial charge is 0.373 e. The molecule has 7 atom stereocenters. The Hall–Kier alpha value is -2.18. The van der Waals surface area contributed by atoms with Crippen molar-refractivity contribution >= 4 is 0 Å². The minimum atomic E-state index is -6.06. The fraction of sp³-hybridized carbons (Fsp3) is 0.968. The van der Waals surface area contributed by atoms with Crippen LogP contribution in [0.1, 0.15) is 189 Å². The van der Waals surface area contributed by atoms with Gasteiger partial charge >= 0.3 is 49.4 Å². The highest BCUT2D eigenvalue weighted by Crippen LogP contribution is 2.77. The Bertz CT molecular complexity index is 2440. The van der Waals surface area contributed by atoms with E-state index in [0.717, 1.165) is 0 Å². The van der Waals surface area contributed by atoms with Crippen LogP contribution >= 0.6 is 0 Å². The van der Waals surface area contributed by atoms with Gasteiger partial charge in [-0.1, -0.05) is 47.1 Å². The average molecular weight is 1380 g/mol. The van der Waals surface area contributed by atoms with Crippen molar-refractivity contribution < 1.29 is 135 Å². The average Bonchev–Trinajstić information content (AvgIpc) is 1.50. The molecule has 7 unspecified atom stereocenters. The summed E-state index contributed by atoms with van der Waals surface area (Å²) in [4.78, 5) is 0. The van der Waals surface area contributed by atoms with Gasteiger partial charge in [0.1, 0.15) is 0 Å². The lowest BCUT2D eigenvalue weighted by atomic mass is 9.51. The molecule has 6 nitrogen and oxygen atoms in total. The highest BCUT2D eigenvalue weighted by molar-refractivity contribution is 5.23. The van der Waals surface area contributed by atoms with Crippen LogP contribution in [0.4, 0.5) is 105 Å². The standard InChI is InChI=1S/C32H44F12O3.C18H26F6O2.C12H14F6O/c1-4-20(17-24(2,3)26-14-10-19(11-15-26)23(26)27(45,29(33,34)35)30(36,37)38)25-12-8-18(9-13-25)22(25)28(31(39,40)41,32(42,43)44)47-21-7-5-6-16-46-21;1-11(2)15-8-6-12(7-9-15)14(15)16(17(19,20)21,18(22,23)24)26-13-5-3-4-10-25-13;1-2-9-5-3-7(4-6-9)8(9)10(19,11(13,14)15)12(16,17)18/h18-23,45H,4-17H2,1-3H3;11-14H,3-10H2,1-2H3;2,7-8,19H,1,3-6H2. The Kier molecular flexibility index (Phi) is 20.2. The van der Waals surface area contributed by atoms with Gasteiger partial charge in [0.25, 0.3) is 22.4 Å². The molecule has 2 aliphatic heterocycles. The van der Waals surface area contributed by atoms with Gasteiger partial charge in [-0.15, -0.1) is 6.58 Å². The lowest BCUT2D eigenvalue weighted by Crippen LogP contribution is -2.68. The maximum Gasteiger partial charge on any atom is 0.426 e. The Morgan fingerprint density at radius 1 is 0.435 bits per heavy atom. The van der Waals surface area contributed by atoms with Gasteiger partial charge in [-0.2, -0.15) is 105 Å². The highest BCUT2D eigenvalue weighted by atomic mass is 19.4. The van der Waals surface area contributed by atoms with Crippen LogP contribution in [0.3, 0.4) is 0 Å². The summed E-state index contributed by atoms with van der Waals surface area (Å²) in [6, 6.07) is 0. The number of hydrogen-bond donors (Lipinski definition) is 2. The molecule has 0 aromatic heterocycles. The molecule has 0 aromatic carbocycles. The molecule has 2 N–H and O–H groups in total. The third-order valence-electron chi connectivity index (χ3n) is 25.2. The first-order valence-corrected chi connectivity index (χ1v) is 32.0. The summed E-state index contributed by atoms with van der Waals surface area (Å²) in [7, 11) is 0. The van der Waals surface area contributed by atoms with Crippen molar-refractivity contribution in [3.63, 3.8) is 0 Å². The first kappa shape index (κ1) is 75.6. The second kappa shape index (κ2) is 24.6. The number of rotatable bonds is 15. The molecule has 0 aromatic rings. The Balaban J connectivity index is 0.000000201. The summed E-state index contributed by atoms with van der Waals surface area (Å²) in [5.74, 6) is -12.5. The summed E-state index contributed by atoms with van der Waals surface area (Å²) < 4.78 is 360. The third kappa shape index (κ3) is 11.6. The number of alkyl halides is 24. The van der Waals surface area contributed by atoms with E-state index in [1.165, 1.54) is 19.9 Å². The number of aliphatic hydroxyl groups is 2. The molecule has 0 spiro atoms. The van der Waals surface area contributed by atoms with E-state index in [1.807, 2.05) is 0 Å². The Morgan fingerprint density at radius 2 is 0.750 bits per heavy atom. The summed E-state index contributed by atoms with van der Waals surface area (Å²) in [6.07, 6.45) is -44.4. The quantitative estimate of drug-likeness (QED) is 0.126. The van der Waals surface area contributed by atoms with E-state index < -0.39 is 165 Å².